The Morgan fingerprint density at radius 3 is 2.03 bits per heavy atom. The number of imide groups is 1. The van der Waals surface area contributed by atoms with Crippen molar-refractivity contribution in [2.75, 3.05) is 6.54 Å². The molecule has 0 fully saturated rings. The molecule has 1 N–H and O–H groups in total. The van der Waals surface area contributed by atoms with Crippen molar-refractivity contribution in [3.05, 3.63) is 71.3 Å². The number of nitrogens with zero attached hydrogens (tertiary/aromatic N) is 1. The summed E-state index contributed by atoms with van der Waals surface area (Å²) in [4.78, 5) is 50.9. The Labute approximate surface area is 181 Å². The van der Waals surface area contributed by atoms with E-state index in [1.54, 1.807) is 24.3 Å². The van der Waals surface area contributed by atoms with Crippen molar-refractivity contribution in [2.24, 2.45) is 0 Å². The maximum atomic E-state index is 12.6. The number of rotatable bonds is 8. The third kappa shape index (κ3) is 4.66. The Bertz CT molecular complexity index is 953. The molecule has 1 heterocycles. The van der Waals surface area contributed by atoms with Crippen molar-refractivity contribution in [3.63, 3.8) is 0 Å². The summed E-state index contributed by atoms with van der Waals surface area (Å²) < 4.78 is 5.26. The Hall–Kier alpha value is -3.48. The molecule has 1 aliphatic rings. The molecule has 3 atom stereocenters. The number of ether oxygens (including phenoxy) is 1. The molecule has 0 unspecified atom stereocenters. The van der Waals surface area contributed by atoms with Crippen LogP contribution in [0.25, 0.3) is 0 Å². The van der Waals surface area contributed by atoms with E-state index in [1.165, 1.54) is 13.8 Å². The van der Waals surface area contributed by atoms with Crippen molar-refractivity contribution >= 4 is 23.7 Å². The molecule has 3 rings (SSSR count). The van der Waals surface area contributed by atoms with E-state index in [4.69, 9.17) is 4.74 Å². The van der Waals surface area contributed by atoms with Crippen molar-refractivity contribution in [2.45, 2.75) is 45.3 Å². The second kappa shape index (κ2) is 9.55. The van der Waals surface area contributed by atoms with Gasteiger partial charge in [0, 0.05) is 12.5 Å². The maximum Gasteiger partial charge on any atom is 0.329 e. The van der Waals surface area contributed by atoms with Crippen molar-refractivity contribution in [3.8, 4) is 0 Å². The topological polar surface area (TPSA) is 92.8 Å². The minimum atomic E-state index is -1.14. The van der Waals surface area contributed by atoms with Gasteiger partial charge in [-0.25, -0.2) is 4.79 Å². The van der Waals surface area contributed by atoms with Gasteiger partial charge in [0.15, 0.2) is 6.10 Å². The molecule has 0 saturated heterocycles. The Balaban J connectivity index is 1.57. The van der Waals surface area contributed by atoms with Crippen LogP contribution in [0.3, 0.4) is 0 Å². The number of carbonyl (C=O) groups is 4. The van der Waals surface area contributed by atoms with Gasteiger partial charge in [-0.3, -0.25) is 19.3 Å². The van der Waals surface area contributed by atoms with Gasteiger partial charge in [-0.2, -0.15) is 0 Å². The normalized spacial score (nSPS) is 15.8. The summed E-state index contributed by atoms with van der Waals surface area (Å²) in [5.74, 6) is -2.19. The smallest absolute Gasteiger partial charge is 0.329 e. The Kier molecular flexibility index (Phi) is 6.84. The van der Waals surface area contributed by atoms with E-state index < -0.39 is 35.8 Å². The van der Waals surface area contributed by atoms with Crippen LogP contribution in [0.2, 0.25) is 0 Å². The highest BCUT2D eigenvalue weighted by Crippen LogP contribution is 2.25. The third-order valence-corrected chi connectivity index (χ3v) is 5.50. The average molecular weight is 422 g/mol. The fourth-order valence-electron chi connectivity index (χ4n) is 3.58. The zero-order chi connectivity index (χ0) is 22.5. The van der Waals surface area contributed by atoms with E-state index in [2.05, 4.69) is 5.32 Å². The lowest BCUT2D eigenvalue weighted by molar-refractivity contribution is -0.158. The van der Waals surface area contributed by atoms with Crippen LogP contribution >= 0.6 is 0 Å². The number of amides is 3. The predicted molar refractivity (Wildman–Crippen MR) is 114 cm³/mol. The highest BCUT2D eigenvalue weighted by Gasteiger charge is 2.41. The van der Waals surface area contributed by atoms with Gasteiger partial charge < -0.3 is 10.1 Å². The first-order valence-corrected chi connectivity index (χ1v) is 10.3. The first kappa shape index (κ1) is 22.2. The number of fused-ring (bicyclic) bond motifs is 1. The fourth-order valence-corrected chi connectivity index (χ4v) is 3.58. The van der Waals surface area contributed by atoms with E-state index in [9.17, 15) is 19.2 Å². The molecule has 0 spiro atoms. The SMILES string of the molecule is CC[C@H](CNC(=O)[C@H](C)OC(=O)[C@@H](C)N1C(=O)c2ccccc2C1=O)c1ccccc1. The van der Waals surface area contributed by atoms with Gasteiger partial charge in [0.25, 0.3) is 17.7 Å². The molecular weight excluding hydrogens is 396 g/mol. The quantitative estimate of drug-likeness (QED) is 0.522. The van der Waals surface area contributed by atoms with E-state index in [0.717, 1.165) is 16.9 Å². The van der Waals surface area contributed by atoms with E-state index in [1.807, 2.05) is 37.3 Å². The van der Waals surface area contributed by atoms with E-state index in [0.29, 0.717) is 6.54 Å². The number of nitrogens with one attached hydrogen (secondary N) is 1. The van der Waals surface area contributed by atoms with Crippen molar-refractivity contribution < 1.29 is 23.9 Å². The summed E-state index contributed by atoms with van der Waals surface area (Å²) in [6.07, 6.45) is -0.215. The molecule has 0 bridgehead atoms. The van der Waals surface area contributed by atoms with Gasteiger partial charge in [-0.1, -0.05) is 49.4 Å². The molecule has 7 nitrogen and oxygen atoms in total. The van der Waals surface area contributed by atoms with E-state index >= 15 is 0 Å². The average Bonchev–Trinajstić information content (AvgIpc) is 3.04. The van der Waals surface area contributed by atoms with Gasteiger partial charge >= 0.3 is 5.97 Å². The first-order chi connectivity index (χ1) is 14.8. The van der Waals surface area contributed by atoms with Gasteiger partial charge in [0.1, 0.15) is 6.04 Å². The van der Waals surface area contributed by atoms with Crippen LogP contribution in [0.1, 0.15) is 59.4 Å². The fraction of sp³-hybridized carbons (Fsp3) is 0.333. The van der Waals surface area contributed by atoms with Crippen LogP contribution in [-0.2, 0) is 14.3 Å². The Morgan fingerprint density at radius 2 is 1.48 bits per heavy atom. The lowest BCUT2D eigenvalue weighted by Crippen LogP contribution is -2.46. The summed E-state index contributed by atoms with van der Waals surface area (Å²) >= 11 is 0. The summed E-state index contributed by atoms with van der Waals surface area (Å²) in [5.41, 5.74) is 1.63. The van der Waals surface area contributed by atoms with Crippen LogP contribution in [-0.4, -0.2) is 47.3 Å². The molecule has 0 radical (unpaired) electrons. The summed E-state index contributed by atoms with van der Waals surface area (Å²) in [7, 11) is 0. The van der Waals surface area contributed by atoms with Gasteiger partial charge in [-0.15, -0.1) is 0 Å². The molecule has 0 aromatic heterocycles. The molecular formula is C24H26N2O5. The maximum absolute atomic E-state index is 12.6. The predicted octanol–water partition coefficient (Wildman–Crippen LogP) is 2.91. The van der Waals surface area contributed by atoms with Crippen LogP contribution in [0.4, 0.5) is 0 Å². The minimum absolute atomic E-state index is 0.144. The van der Waals surface area contributed by atoms with Gasteiger partial charge in [0.05, 0.1) is 11.1 Å². The second-order valence-corrected chi connectivity index (χ2v) is 7.54. The Morgan fingerprint density at radius 1 is 0.935 bits per heavy atom. The lowest BCUT2D eigenvalue weighted by atomic mass is 9.96. The van der Waals surface area contributed by atoms with E-state index in [-0.39, 0.29) is 17.0 Å². The van der Waals surface area contributed by atoms with Crippen LogP contribution in [0.5, 0.6) is 0 Å². The van der Waals surface area contributed by atoms with Gasteiger partial charge in [0.2, 0.25) is 0 Å². The molecule has 162 valence electrons. The van der Waals surface area contributed by atoms with Crippen LogP contribution < -0.4 is 5.32 Å². The van der Waals surface area contributed by atoms with Crippen LogP contribution in [0.15, 0.2) is 54.6 Å². The second-order valence-electron chi connectivity index (χ2n) is 7.54. The first-order valence-electron chi connectivity index (χ1n) is 10.3. The summed E-state index contributed by atoms with van der Waals surface area (Å²) in [5, 5.41) is 2.81. The molecule has 7 heteroatoms. The number of carbonyl (C=O) groups excluding carboxylic acids is 4. The zero-order valence-electron chi connectivity index (χ0n) is 17.8. The standard InChI is InChI=1S/C24H26N2O5/c1-4-17(18-10-6-5-7-11-18)14-25-21(27)16(3)31-24(30)15(2)26-22(28)19-12-8-9-13-20(19)23(26)29/h5-13,15-17H,4,14H2,1-3H3,(H,25,27)/t15-,16+,17-/m1/s1. The summed E-state index contributed by atoms with van der Waals surface area (Å²) in [6, 6.07) is 15.1. The molecule has 0 saturated carbocycles. The largest absolute Gasteiger partial charge is 0.451 e. The number of benzene rings is 2. The summed E-state index contributed by atoms with van der Waals surface area (Å²) in [6.45, 7) is 5.33. The molecule has 31 heavy (non-hydrogen) atoms. The molecule has 2 aromatic rings. The number of hydrogen-bond donors (Lipinski definition) is 1. The number of esters is 1. The lowest BCUT2D eigenvalue weighted by Gasteiger charge is -2.23. The van der Waals surface area contributed by atoms with Crippen molar-refractivity contribution in [1.82, 2.24) is 10.2 Å². The third-order valence-electron chi connectivity index (χ3n) is 5.50. The highest BCUT2D eigenvalue weighted by atomic mass is 16.5. The molecule has 3 amide bonds. The molecule has 0 aliphatic carbocycles. The zero-order valence-corrected chi connectivity index (χ0v) is 17.8. The van der Waals surface area contributed by atoms with Crippen LogP contribution in [0, 0.1) is 0 Å². The number of hydrogen-bond acceptors (Lipinski definition) is 5. The molecule has 1 aliphatic heterocycles. The van der Waals surface area contributed by atoms with Gasteiger partial charge in [-0.05, 0) is 38.0 Å². The monoisotopic (exact) mass is 422 g/mol. The molecule has 2 aromatic carbocycles. The minimum Gasteiger partial charge on any atom is -0.451 e. The van der Waals surface area contributed by atoms with Crippen molar-refractivity contribution in [1.29, 1.82) is 0 Å². The highest BCUT2D eigenvalue weighted by molar-refractivity contribution is 6.22.